The molecule has 0 spiro atoms. The topological polar surface area (TPSA) is 89.5 Å². The van der Waals surface area contributed by atoms with Crippen LogP contribution in [-0.2, 0) is 24.2 Å². The van der Waals surface area contributed by atoms with E-state index in [0.717, 1.165) is 11.2 Å². The number of ether oxygens (including phenoxy) is 1. The van der Waals surface area contributed by atoms with Crippen LogP contribution in [0, 0.1) is 5.82 Å². The zero-order valence-corrected chi connectivity index (χ0v) is 16.1. The Balaban J connectivity index is 1.77. The predicted octanol–water partition coefficient (Wildman–Crippen LogP) is 2.89. The van der Waals surface area contributed by atoms with Crippen molar-refractivity contribution >= 4 is 39.2 Å². The second-order valence-electron chi connectivity index (χ2n) is 5.53. The highest BCUT2D eigenvalue weighted by Crippen LogP contribution is 2.21. The van der Waals surface area contributed by atoms with Gasteiger partial charge in [0.05, 0.1) is 17.0 Å². The van der Waals surface area contributed by atoms with Crippen molar-refractivity contribution < 1.29 is 27.1 Å². The molecule has 0 aliphatic rings. The van der Waals surface area contributed by atoms with Crippen LogP contribution in [0.2, 0.25) is 0 Å². The molecule has 0 unspecified atom stereocenters. The zero-order valence-electron chi connectivity index (χ0n) is 14.5. The lowest BCUT2D eigenvalue weighted by Crippen LogP contribution is -2.22. The molecule has 0 aliphatic heterocycles. The molecule has 6 nitrogen and oxygen atoms in total. The Bertz CT molecular complexity index is 914. The van der Waals surface area contributed by atoms with Crippen molar-refractivity contribution in [1.82, 2.24) is 0 Å². The largest absolute Gasteiger partial charge is 0.456 e. The summed E-state index contributed by atoms with van der Waals surface area (Å²) in [5, 5.41) is 2.42. The smallest absolute Gasteiger partial charge is 0.307 e. The second-order valence-corrected chi connectivity index (χ2v) is 8.68. The number of amides is 1. The van der Waals surface area contributed by atoms with Crippen LogP contribution in [-0.4, -0.2) is 38.9 Å². The molecule has 0 aromatic heterocycles. The Morgan fingerprint density at radius 3 is 2.44 bits per heavy atom. The van der Waals surface area contributed by atoms with E-state index in [9.17, 15) is 22.4 Å². The van der Waals surface area contributed by atoms with E-state index in [0.29, 0.717) is 5.75 Å². The number of hydrogen-bond acceptors (Lipinski definition) is 6. The van der Waals surface area contributed by atoms with Gasteiger partial charge < -0.3 is 10.1 Å². The summed E-state index contributed by atoms with van der Waals surface area (Å²) >= 11 is 1.36. The van der Waals surface area contributed by atoms with E-state index in [2.05, 4.69) is 5.32 Å². The summed E-state index contributed by atoms with van der Waals surface area (Å²) < 4.78 is 41.1. The Morgan fingerprint density at radius 1 is 1.11 bits per heavy atom. The Hall–Kier alpha value is -2.39. The van der Waals surface area contributed by atoms with E-state index in [1.54, 1.807) is 24.3 Å². The predicted molar refractivity (Wildman–Crippen MR) is 101 cm³/mol. The Labute approximate surface area is 161 Å². The van der Waals surface area contributed by atoms with Gasteiger partial charge in [0.15, 0.2) is 16.4 Å². The molecule has 2 aromatic rings. The van der Waals surface area contributed by atoms with Gasteiger partial charge in [0, 0.05) is 16.9 Å². The number of benzene rings is 2. The van der Waals surface area contributed by atoms with Gasteiger partial charge in [0.2, 0.25) is 0 Å². The summed E-state index contributed by atoms with van der Waals surface area (Å²) in [6.45, 7) is -0.516. The lowest BCUT2D eigenvalue weighted by atomic mass is 10.3. The molecule has 0 heterocycles. The molecule has 27 heavy (non-hydrogen) atoms. The number of carbonyl (C=O) groups is 2. The van der Waals surface area contributed by atoms with Gasteiger partial charge in [0.25, 0.3) is 5.91 Å². The normalized spacial score (nSPS) is 11.0. The minimum atomic E-state index is -3.50. The zero-order chi connectivity index (χ0) is 19.9. The molecule has 144 valence electrons. The molecule has 0 fully saturated rings. The molecule has 1 N–H and O–H groups in total. The van der Waals surface area contributed by atoms with E-state index < -0.39 is 28.3 Å². The van der Waals surface area contributed by atoms with Crippen LogP contribution in [0.5, 0.6) is 0 Å². The molecule has 0 aliphatic carbocycles. The monoisotopic (exact) mass is 411 g/mol. The highest BCUT2D eigenvalue weighted by atomic mass is 32.2. The lowest BCUT2D eigenvalue weighted by Gasteiger charge is -2.10. The maximum atomic E-state index is 12.8. The average molecular weight is 411 g/mol. The third-order valence-electron chi connectivity index (χ3n) is 3.31. The number of rotatable bonds is 8. The van der Waals surface area contributed by atoms with E-state index in [-0.39, 0.29) is 22.8 Å². The van der Waals surface area contributed by atoms with Crippen LogP contribution in [0.1, 0.15) is 6.42 Å². The molecule has 2 rings (SSSR count). The summed E-state index contributed by atoms with van der Waals surface area (Å²) in [6, 6.07) is 11.8. The summed E-state index contributed by atoms with van der Waals surface area (Å²) in [7, 11) is -3.50. The summed E-state index contributed by atoms with van der Waals surface area (Å²) in [4.78, 5) is 24.4. The van der Waals surface area contributed by atoms with Gasteiger partial charge in [0.1, 0.15) is 5.82 Å². The highest BCUT2D eigenvalue weighted by Gasteiger charge is 2.15. The first kappa shape index (κ1) is 20.9. The molecule has 0 bridgehead atoms. The number of thioether (sulfide) groups is 1. The molecule has 0 atom stereocenters. The number of hydrogen-bond donors (Lipinski definition) is 1. The second kappa shape index (κ2) is 9.52. The number of nitrogens with one attached hydrogen (secondary N) is 1. The quantitative estimate of drug-likeness (QED) is 0.531. The molecule has 0 saturated carbocycles. The number of esters is 1. The first-order chi connectivity index (χ1) is 12.8. The standard InChI is InChI=1S/C18H18FNO5S2/c1-27(23,24)16-5-3-2-4-15(16)20-17(21)12-25-18(22)10-11-26-14-8-6-13(19)7-9-14/h2-9H,10-12H2,1H3,(H,20,21). The van der Waals surface area contributed by atoms with Crippen LogP contribution in [0.3, 0.4) is 0 Å². The van der Waals surface area contributed by atoms with Crippen molar-refractivity contribution in [3.8, 4) is 0 Å². The van der Waals surface area contributed by atoms with Crippen LogP contribution >= 0.6 is 11.8 Å². The van der Waals surface area contributed by atoms with Gasteiger partial charge in [-0.3, -0.25) is 9.59 Å². The fourth-order valence-corrected chi connectivity index (χ4v) is 3.76. The number of carbonyl (C=O) groups excluding carboxylic acids is 2. The van der Waals surface area contributed by atoms with Crippen LogP contribution in [0.25, 0.3) is 0 Å². The van der Waals surface area contributed by atoms with E-state index in [4.69, 9.17) is 4.74 Å². The fourth-order valence-electron chi connectivity index (χ4n) is 2.08. The molecule has 9 heteroatoms. The molecule has 0 radical (unpaired) electrons. The molecule has 2 aromatic carbocycles. The van der Waals surface area contributed by atoms with Crippen molar-refractivity contribution in [3.05, 3.63) is 54.3 Å². The third-order valence-corrected chi connectivity index (χ3v) is 5.48. The Kier molecular flexibility index (Phi) is 7.37. The lowest BCUT2D eigenvalue weighted by molar-refractivity contribution is -0.146. The first-order valence-corrected chi connectivity index (χ1v) is 10.8. The minimum Gasteiger partial charge on any atom is -0.456 e. The molecule has 0 saturated heterocycles. The van der Waals surface area contributed by atoms with Gasteiger partial charge in [-0.2, -0.15) is 0 Å². The summed E-state index contributed by atoms with van der Waals surface area (Å²) in [6.07, 6.45) is 1.12. The maximum absolute atomic E-state index is 12.8. The summed E-state index contributed by atoms with van der Waals surface area (Å²) in [5.74, 6) is -1.10. The van der Waals surface area contributed by atoms with Crippen LogP contribution in [0.15, 0.2) is 58.3 Å². The van der Waals surface area contributed by atoms with E-state index in [1.165, 1.54) is 36.0 Å². The highest BCUT2D eigenvalue weighted by molar-refractivity contribution is 7.99. The molecule has 1 amide bonds. The van der Waals surface area contributed by atoms with Crippen molar-refractivity contribution in [2.24, 2.45) is 0 Å². The van der Waals surface area contributed by atoms with Crippen LogP contribution in [0.4, 0.5) is 10.1 Å². The Morgan fingerprint density at radius 2 is 1.78 bits per heavy atom. The molecular formula is C18H18FNO5S2. The van der Waals surface area contributed by atoms with E-state index in [1.807, 2.05) is 0 Å². The number of halogens is 1. The van der Waals surface area contributed by atoms with Crippen molar-refractivity contribution in [2.45, 2.75) is 16.2 Å². The van der Waals surface area contributed by atoms with Gasteiger partial charge in [-0.1, -0.05) is 12.1 Å². The average Bonchev–Trinajstić information content (AvgIpc) is 2.61. The number of para-hydroxylation sites is 1. The van der Waals surface area contributed by atoms with Crippen LogP contribution < -0.4 is 5.32 Å². The number of sulfone groups is 1. The van der Waals surface area contributed by atoms with Gasteiger partial charge >= 0.3 is 5.97 Å². The van der Waals surface area contributed by atoms with Crippen molar-refractivity contribution in [1.29, 1.82) is 0 Å². The fraction of sp³-hybridized carbons (Fsp3) is 0.222. The third kappa shape index (κ3) is 7.03. The van der Waals surface area contributed by atoms with E-state index >= 15 is 0 Å². The summed E-state index contributed by atoms with van der Waals surface area (Å²) in [5.41, 5.74) is 0.132. The first-order valence-electron chi connectivity index (χ1n) is 7.88. The SMILES string of the molecule is CS(=O)(=O)c1ccccc1NC(=O)COC(=O)CCSc1ccc(F)cc1. The minimum absolute atomic E-state index is 0.0135. The van der Waals surface area contributed by atoms with Gasteiger partial charge in [-0.15, -0.1) is 11.8 Å². The van der Waals surface area contributed by atoms with Crippen molar-refractivity contribution in [2.75, 3.05) is 23.9 Å². The van der Waals surface area contributed by atoms with Gasteiger partial charge in [-0.05, 0) is 36.4 Å². The maximum Gasteiger partial charge on any atom is 0.307 e. The molecular weight excluding hydrogens is 393 g/mol. The number of anilines is 1. The van der Waals surface area contributed by atoms with Gasteiger partial charge in [-0.25, -0.2) is 12.8 Å². The van der Waals surface area contributed by atoms with Crippen molar-refractivity contribution in [3.63, 3.8) is 0 Å².